The zero-order valence-electron chi connectivity index (χ0n) is 22.8. The minimum absolute atomic E-state index is 0.0246. The van der Waals surface area contributed by atoms with Crippen molar-refractivity contribution in [3.63, 3.8) is 0 Å². The lowest BCUT2D eigenvalue weighted by Crippen LogP contribution is -2.39. The van der Waals surface area contributed by atoms with Crippen LogP contribution in [0.4, 0.5) is 0 Å². The standard InChI is InChI=1S/C29H38O8/c1-9-16-36-25(31)20(4)23(28(6,10-2)26(32)33)17-29(7,21(5)19(3)24(30)35-8)27(34)37-18-22-14-12-11-13-15-22/h9,11-15H,1,10,16-18H2,2-8H3,(H,32,33)/b21-19+,23-20-. The van der Waals surface area contributed by atoms with E-state index in [4.69, 9.17) is 14.2 Å². The molecule has 1 aromatic rings. The van der Waals surface area contributed by atoms with Gasteiger partial charge in [-0.15, -0.1) is 0 Å². The summed E-state index contributed by atoms with van der Waals surface area (Å²) >= 11 is 0. The van der Waals surface area contributed by atoms with Crippen LogP contribution in [0.1, 0.15) is 59.9 Å². The van der Waals surface area contributed by atoms with E-state index < -0.39 is 34.7 Å². The second kappa shape index (κ2) is 13.6. The lowest BCUT2D eigenvalue weighted by atomic mass is 9.67. The number of carbonyl (C=O) groups is 4. The van der Waals surface area contributed by atoms with Gasteiger partial charge in [-0.25, -0.2) is 9.59 Å². The number of carboxylic acid groups (broad SMARTS) is 1. The van der Waals surface area contributed by atoms with Crippen LogP contribution in [0, 0.1) is 10.8 Å². The van der Waals surface area contributed by atoms with E-state index in [1.807, 2.05) is 18.2 Å². The van der Waals surface area contributed by atoms with Crippen molar-refractivity contribution in [3.8, 4) is 0 Å². The molecule has 0 fully saturated rings. The van der Waals surface area contributed by atoms with E-state index in [2.05, 4.69) is 6.58 Å². The topological polar surface area (TPSA) is 116 Å². The first-order valence-corrected chi connectivity index (χ1v) is 12.0. The van der Waals surface area contributed by atoms with E-state index in [0.29, 0.717) is 5.57 Å². The van der Waals surface area contributed by atoms with Crippen LogP contribution in [0.25, 0.3) is 0 Å². The van der Waals surface area contributed by atoms with E-state index in [-0.39, 0.29) is 42.8 Å². The average molecular weight is 515 g/mol. The van der Waals surface area contributed by atoms with Gasteiger partial charge in [0.05, 0.1) is 17.9 Å². The van der Waals surface area contributed by atoms with Crippen molar-refractivity contribution in [2.75, 3.05) is 13.7 Å². The van der Waals surface area contributed by atoms with Gasteiger partial charge < -0.3 is 19.3 Å². The molecule has 202 valence electrons. The van der Waals surface area contributed by atoms with E-state index >= 15 is 0 Å². The minimum Gasteiger partial charge on any atom is -0.481 e. The van der Waals surface area contributed by atoms with Crippen LogP contribution >= 0.6 is 0 Å². The first-order valence-electron chi connectivity index (χ1n) is 12.0. The number of methoxy groups -OCH3 is 1. The van der Waals surface area contributed by atoms with Gasteiger partial charge in [-0.1, -0.05) is 49.9 Å². The highest BCUT2D eigenvalue weighted by Crippen LogP contribution is 2.45. The Balaban J connectivity index is 3.77. The molecule has 0 spiro atoms. The van der Waals surface area contributed by atoms with Gasteiger partial charge in [0.15, 0.2) is 0 Å². The summed E-state index contributed by atoms with van der Waals surface area (Å²) in [7, 11) is 1.23. The number of hydrogen-bond acceptors (Lipinski definition) is 7. The fourth-order valence-electron chi connectivity index (χ4n) is 3.92. The van der Waals surface area contributed by atoms with E-state index in [1.165, 1.54) is 34.0 Å². The molecule has 0 aliphatic carbocycles. The number of aliphatic carboxylic acids is 1. The van der Waals surface area contributed by atoms with E-state index in [9.17, 15) is 24.3 Å². The van der Waals surface area contributed by atoms with Crippen LogP contribution in [-0.2, 0) is 40.0 Å². The van der Waals surface area contributed by atoms with E-state index in [0.717, 1.165) is 5.56 Å². The minimum atomic E-state index is -1.51. The number of carbonyl (C=O) groups excluding carboxylic acids is 3. The fraction of sp³-hybridized carbons (Fsp3) is 0.448. The summed E-state index contributed by atoms with van der Waals surface area (Å²) in [6, 6.07) is 9.07. The number of ether oxygens (including phenoxy) is 3. The van der Waals surface area contributed by atoms with Crippen LogP contribution in [0.15, 0.2) is 65.3 Å². The summed E-state index contributed by atoms with van der Waals surface area (Å²) in [5.74, 6) is -3.19. The zero-order chi connectivity index (χ0) is 28.4. The first kappa shape index (κ1) is 31.4. The Morgan fingerprint density at radius 3 is 2.03 bits per heavy atom. The molecular weight excluding hydrogens is 476 g/mol. The molecule has 0 saturated carbocycles. The lowest BCUT2D eigenvalue weighted by Gasteiger charge is -2.36. The smallest absolute Gasteiger partial charge is 0.334 e. The summed E-state index contributed by atoms with van der Waals surface area (Å²) in [6.07, 6.45) is 1.34. The first-order chi connectivity index (χ1) is 17.3. The molecule has 0 saturated heterocycles. The highest BCUT2D eigenvalue weighted by atomic mass is 16.5. The van der Waals surface area contributed by atoms with Crippen LogP contribution in [0.3, 0.4) is 0 Å². The predicted molar refractivity (Wildman–Crippen MR) is 139 cm³/mol. The molecule has 8 nitrogen and oxygen atoms in total. The molecule has 0 bridgehead atoms. The quantitative estimate of drug-likeness (QED) is 0.166. The Morgan fingerprint density at radius 1 is 0.946 bits per heavy atom. The number of benzene rings is 1. The van der Waals surface area contributed by atoms with Crippen molar-refractivity contribution < 1.29 is 38.5 Å². The Kier molecular flexibility index (Phi) is 11.5. The lowest BCUT2D eigenvalue weighted by molar-refractivity contribution is -0.155. The van der Waals surface area contributed by atoms with Crippen LogP contribution in [-0.4, -0.2) is 42.7 Å². The average Bonchev–Trinajstić information content (AvgIpc) is 2.91. The number of rotatable bonds is 13. The molecule has 0 aliphatic rings. The van der Waals surface area contributed by atoms with Crippen molar-refractivity contribution in [3.05, 3.63) is 70.8 Å². The van der Waals surface area contributed by atoms with Gasteiger partial charge in [0.1, 0.15) is 13.2 Å². The molecule has 1 rings (SSSR count). The van der Waals surface area contributed by atoms with Crippen molar-refractivity contribution in [2.45, 2.75) is 61.0 Å². The van der Waals surface area contributed by atoms with Crippen molar-refractivity contribution in [2.24, 2.45) is 10.8 Å². The van der Waals surface area contributed by atoms with Gasteiger partial charge in [0, 0.05) is 11.1 Å². The predicted octanol–water partition coefficient (Wildman–Crippen LogP) is 5.18. The molecule has 0 heterocycles. The zero-order valence-corrected chi connectivity index (χ0v) is 22.8. The second-order valence-electron chi connectivity index (χ2n) is 9.29. The summed E-state index contributed by atoms with van der Waals surface area (Å²) in [6.45, 7) is 12.8. The van der Waals surface area contributed by atoms with Crippen molar-refractivity contribution in [1.29, 1.82) is 0 Å². The maximum absolute atomic E-state index is 13.7. The Hall–Kier alpha value is -3.68. The van der Waals surface area contributed by atoms with Gasteiger partial charge in [-0.3, -0.25) is 9.59 Å². The molecule has 0 aliphatic heterocycles. The fourth-order valence-corrected chi connectivity index (χ4v) is 3.92. The third-order valence-corrected chi connectivity index (χ3v) is 7.01. The molecule has 1 N–H and O–H groups in total. The van der Waals surface area contributed by atoms with Crippen LogP contribution in [0.5, 0.6) is 0 Å². The largest absolute Gasteiger partial charge is 0.481 e. The SMILES string of the molecule is C=CCOC(=O)/C(C)=C(/CC(C)(C(=O)OCc1ccccc1)/C(C)=C(\C)C(=O)OC)C(C)(CC)C(=O)O. The Morgan fingerprint density at radius 2 is 1.54 bits per heavy atom. The molecule has 8 heteroatoms. The molecule has 37 heavy (non-hydrogen) atoms. The molecule has 0 aromatic heterocycles. The second-order valence-corrected chi connectivity index (χ2v) is 9.29. The Labute approximate surface area is 219 Å². The summed E-state index contributed by atoms with van der Waals surface area (Å²) < 4.78 is 15.7. The van der Waals surface area contributed by atoms with Crippen LogP contribution < -0.4 is 0 Å². The molecular formula is C29H38O8. The normalized spacial score (nSPS) is 15.6. The van der Waals surface area contributed by atoms with Crippen LogP contribution in [0.2, 0.25) is 0 Å². The molecule has 0 amide bonds. The van der Waals surface area contributed by atoms with Crippen molar-refractivity contribution >= 4 is 23.9 Å². The van der Waals surface area contributed by atoms with Gasteiger partial charge in [-0.05, 0) is 64.2 Å². The highest BCUT2D eigenvalue weighted by Gasteiger charge is 2.46. The summed E-state index contributed by atoms with van der Waals surface area (Å²) in [4.78, 5) is 51.3. The third-order valence-electron chi connectivity index (χ3n) is 7.01. The number of hydrogen-bond donors (Lipinski definition) is 1. The summed E-state index contributed by atoms with van der Waals surface area (Å²) in [5, 5.41) is 10.2. The number of carboxylic acids is 1. The Bertz CT molecular complexity index is 1080. The van der Waals surface area contributed by atoms with E-state index in [1.54, 1.807) is 32.9 Å². The maximum atomic E-state index is 13.7. The van der Waals surface area contributed by atoms with Gasteiger partial charge in [0.25, 0.3) is 0 Å². The molecule has 2 atom stereocenters. The van der Waals surface area contributed by atoms with Gasteiger partial charge in [-0.2, -0.15) is 0 Å². The third kappa shape index (κ3) is 7.41. The van der Waals surface area contributed by atoms with Crippen molar-refractivity contribution in [1.82, 2.24) is 0 Å². The molecule has 1 aromatic carbocycles. The molecule has 0 radical (unpaired) electrons. The number of esters is 3. The van der Waals surface area contributed by atoms with Gasteiger partial charge in [0.2, 0.25) is 0 Å². The van der Waals surface area contributed by atoms with Gasteiger partial charge >= 0.3 is 23.9 Å². The summed E-state index contributed by atoms with van der Waals surface area (Å²) in [5.41, 5.74) is -1.46. The highest BCUT2D eigenvalue weighted by molar-refractivity contribution is 5.93. The molecule has 2 unspecified atom stereocenters. The monoisotopic (exact) mass is 514 g/mol. The maximum Gasteiger partial charge on any atom is 0.334 e.